The Hall–Kier alpha value is -0.880. The Morgan fingerprint density at radius 2 is 2.56 bits per heavy atom. The van der Waals surface area contributed by atoms with Gasteiger partial charge in [0.1, 0.15) is 5.37 Å². The molecular formula is C6H6N2S. The van der Waals surface area contributed by atoms with E-state index in [4.69, 9.17) is 5.26 Å². The second-order valence-electron chi connectivity index (χ2n) is 1.66. The van der Waals surface area contributed by atoms with E-state index >= 15 is 0 Å². The van der Waals surface area contributed by atoms with E-state index in [0.717, 1.165) is 0 Å². The largest absolute Gasteiger partial charge is 0.375 e. The second kappa shape index (κ2) is 2.60. The molecule has 1 N–H and O–H groups in total. The van der Waals surface area contributed by atoms with Gasteiger partial charge in [0.05, 0.1) is 11.6 Å². The molecule has 0 aromatic rings. The molecule has 1 atom stereocenters. The summed E-state index contributed by atoms with van der Waals surface area (Å²) in [6, 6.07) is 2.02. The lowest BCUT2D eigenvalue weighted by atomic mass is 10.2. The highest BCUT2D eigenvalue weighted by atomic mass is 32.1. The normalized spacial score (nSPS) is 24.0. The zero-order chi connectivity index (χ0) is 6.69. The number of dihydropyridines is 1. The maximum Gasteiger partial charge on any atom is 0.105 e. The van der Waals surface area contributed by atoms with E-state index in [1.165, 1.54) is 0 Å². The van der Waals surface area contributed by atoms with Crippen LogP contribution >= 0.6 is 12.6 Å². The highest BCUT2D eigenvalue weighted by Gasteiger charge is 2.07. The lowest BCUT2D eigenvalue weighted by Gasteiger charge is -2.11. The van der Waals surface area contributed by atoms with Crippen LogP contribution in [0.15, 0.2) is 23.9 Å². The van der Waals surface area contributed by atoms with Crippen LogP contribution in [0, 0.1) is 11.3 Å². The lowest BCUT2D eigenvalue weighted by Crippen LogP contribution is -2.21. The first-order valence-electron chi connectivity index (χ1n) is 2.55. The third-order valence-corrected chi connectivity index (χ3v) is 1.48. The van der Waals surface area contributed by atoms with E-state index in [1.807, 2.05) is 6.07 Å². The van der Waals surface area contributed by atoms with Gasteiger partial charge in [0, 0.05) is 0 Å². The van der Waals surface area contributed by atoms with Crippen molar-refractivity contribution in [2.24, 2.45) is 0 Å². The van der Waals surface area contributed by atoms with Gasteiger partial charge in [-0.1, -0.05) is 0 Å². The third kappa shape index (κ3) is 1.27. The molecule has 1 aliphatic heterocycles. The maximum absolute atomic E-state index is 8.42. The van der Waals surface area contributed by atoms with E-state index in [0.29, 0.717) is 5.57 Å². The Kier molecular flexibility index (Phi) is 1.81. The van der Waals surface area contributed by atoms with Gasteiger partial charge in [0.25, 0.3) is 0 Å². The van der Waals surface area contributed by atoms with Gasteiger partial charge in [-0.15, -0.1) is 12.6 Å². The quantitative estimate of drug-likeness (QED) is 0.486. The first-order valence-corrected chi connectivity index (χ1v) is 3.07. The van der Waals surface area contributed by atoms with Crippen LogP contribution in [-0.2, 0) is 0 Å². The molecule has 1 rings (SSSR count). The van der Waals surface area contributed by atoms with Crippen LogP contribution in [0.5, 0.6) is 0 Å². The molecule has 1 unspecified atom stereocenters. The van der Waals surface area contributed by atoms with Crippen LogP contribution in [-0.4, -0.2) is 5.37 Å². The maximum atomic E-state index is 8.42. The fourth-order valence-corrected chi connectivity index (χ4v) is 0.808. The number of nitrogens with one attached hydrogen (secondary N) is 1. The van der Waals surface area contributed by atoms with Crippen molar-refractivity contribution in [2.45, 2.75) is 5.37 Å². The predicted molar refractivity (Wildman–Crippen MR) is 38.7 cm³/mol. The molecule has 1 heterocycles. The van der Waals surface area contributed by atoms with Crippen molar-refractivity contribution >= 4 is 12.6 Å². The molecule has 0 amide bonds. The molecule has 2 nitrogen and oxygen atoms in total. The van der Waals surface area contributed by atoms with Gasteiger partial charge < -0.3 is 5.32 Å². The minimum absolute atomic E-state index is 0.125. The number of allylic oxidation sites excluding steroid dienone is 2. The predicted octanol–water partition coefficient (Wildman–Crippen LogP) is 0.809. The monoisotopic (exact) mass is 138 g/mol. The van der Waals surface area contributed by atoms with Crippen LogP contribution in [0.1, 0.15) is 0 Å². The second-order valence-corrected chi connectivity index (χ2v) is 2.18. The van der Waals surface area contributed by atoms with E-state index in [-0.39, 0.29) is 5.37 Å². The van der Waals surface area contributed by atoms with Crippen molar-refractivity contribution in [2.75, 3.05) is 0 Å². The lowest BCUT2D eigenvalue weighted by molar-refractivity contribution is 0.890. The summed E-state index contributed by atoms with van der Waals surface area (Å²) in [5.41, 5.74) is 0.654. The molecule has 0 aliphatic carbocycles. The van der Waals surface area contributed by atoms with Gasteiger partial charge in [-0.05, 0) is 18.4 Å². The summed E-state index contributed by atoms with van der Waals surface area (Å²) in [6.45, 7) is 0. The molecule has 1 aliphatic rings. The molecule has 3 heteroatoms. The summed E-state index contributed by atoms with van der Waals surface area (Å²) >= 11 is 4.08. The Bertz CT molecular complexity index is 200. The zero-order valence-corrected chi connectivity index (χ0v) is 5.60. The first-order chi connectivity index (χ1) is 4.34. The summed E-state index contributed by atoms with van der Waals surface area (Å²) < 4.78 is 0. The standard InChI is InChI=1S/C6H6N2S/c7-4-5-2-1-3-8-6(5)9/h1-3,6,8-9H. The van der Waals surface area contributed by atoms with Crippen LogP contribution in [0.3, 0.4) is 0 Å². The molecule has 0 spiro atoms. The van der Waals surface area contributed by atoms with E-state index in [9.17, 15) is 0 Å². The zero-order valence-electron chi connectivity index (χ0n) is 4.70. The molecule has 46 valence electrons. The van der Waals surface area contributed by atoms with Crippen molar-refractivity contribution in [3.8, 4) is 6.07 Å². The van der Waals surface area contributed by atoms with Gasteiger partial charge in [0.15, 0.2) is 0 Å². The number of rotatable bonds is 0. The summed E-state index contributed by atoms with van der Waals surface area (Å²) in [6.07, 6.45) is 5.29. The van der Waals surface area contributed by atoms with Crippen LogP contribution in [0.2, 0.25) is 0 Å². The Labute approximate surface area is 59.3 Å². The topological polar surface area (TPSA) is 35.8 Å². The highest BCUT2D eigenvalue weighted by Crippen LogP contribution is 2.08. The van der Waals surface area contributed by atoms with Gasteiger partial charge >= 0.3 is 0 Å². The smallest absolute Gasteiger partial charge is 0.105 e. The minimum Gasteiger partial charge on any atom is -0.375 e. The Balaban J connectivity index is 2.78. The summed E-state index contributed by atoms with van der Waals surface area (Å²) in [7, 11) is 0. The summed E-state index contributed by atoms with van der Waals surface area (Å²) in [4.78, 5) is 0. The number of thiol groups is 1. The minimum atomic E-state index is -0.125. The van der Waals surface area contributed by atoms with Gasteiger partial charge in [-0.3, -0.25) is 0 Å². The SMILES string of the molecule is N#CC1=CC=CNC1S. The fourth-order valence-electron chi connectivity index (χ4n) is 0.578. The Morgan fingerprint density at radius 1 is 1.78 bits per heavy atom. The van der Waals surface area contributed by atoms with Crippen molar-refractivity contribution in [3.05, 3.63) is 23.9 Å². The molecular weight excluding hydrogens is 132 g/mol. The van der Waals surface area contributed by atoms with Crippen LogP contribution < -0.4 is 5.32 Å². The van der Waals surface area contributed by atoms with Crippen molar-refractivity contribution in [3.63, 3.8) is 0 Å². The van der Waals surface area contributed by atoms with Gasteiger partial charge in [0.2, 0.25) is 0 Å². The molecule has 0 bridgehead atoms. The van der Waals surface area contributed by atoms with Gasteiger partial charge in [-0.2, -0.15) is 5.26 Å². The number of hydrogen-bond acceptors (Lipinski definition) is 3. The van der Waals surface area contributed by atoms with Crippen molar-refractivity contribution in [1.29, 1.82) is 5.26 Å². The summed E-state index contributed by atoms with van der Waals surface area (Å²) in [5.74, 6) is 0. The molecule has 9 heavy (non-hydrogen) atoms. The summed E-state index contributed by atoms with van der Waals surface area (Å²) in [5, 5.41) is 11.2. The van der Waals surface area contributed by atoms with Crippen molar-refractivity contribution < 1.29 is 0 Å². The average molecular weight is 138 g/mol. The molecule has 0 aromatic heterocycles. The average Bonchev–Trinajstić information content (AvgIpc) is 1.89. The van der Waals surface area contributed by atoms with E-state index in [1.54, 1.807) is 18.4 Å². The van der Waals surface area contributed by atoms with Crippen LogP contribution in [0.25, 0.3) is 0 Å². The number of nitrogens with zero attached hydrogens (tertiary/aromatic N) is 1. The molecule has 0 saturated carbocycles. The third-order valence-electron chi connectivity index (χ3n) is 1.05. The van der Waals surface area contributed by atoms with Gasteiger partial charge in [-0.25, -0.2) is 0 Å². The molecule has 0 aromatic carbocycles. The first kappa shape index (κ1) is 6.24. The molecule has 0 radical (unpaired) electrons. The Morgan fingerprint density at radius 3 is 3.00 bits per heavy atom. The van der Waals surface area contributed by atoms with E-state index in [2.05, 4.69) is 17.9 Å². The molecule has 0 fully saturated rings. The number of nitriles is 1. The molecule has 0 saturated heterocycles. The van der Waals surface area contributed by atoms with Crippen LogP contribution in [0.4, 0.5) is 0 Å². The fraction of sp³-hybridized carbons (Fsp3) is 0.167. The van der Waals surface area contributed by atoms with Crippen molar-refractivity contribution in [1.82, 2.24) is 5.32 Å². The number of hydrogen-bond donors (Lipinski definition) is 2. The highest BCUT2D eigenvalue weighted by molar-refractivity contribution is 7.81. The van der Waals surface area contributed by atoms with E-state index < -0.39 is 0 Å².